The first-order valence-corrected chi connectivity index (χ1v) is 4.80. The summed E-state index contributed by atoms with van der Waals surface area (Å²) in [5.74, 6) is 0.106. The molecule has 1 amide bonds. The molecular formula is C9H17N3O. The third kappa shape index (κ3) is 1.56. The minimum Gasteiger partial charge on any atom is -0.350 e. The van der Waals surface area contributed by atoms with Gasteiger partial charge in [-0.1, -0.05) is 13.8 Å². The Balaban J connectivity index is 1.84. The Morgan fingerprint density at radius 3 is 2.54 bits per heavy atom. The van der Waals surface area contributed by atoms with Gasteiger partial charge in [0, 0.05) is 24.0 Å². The minimum atomic E-state index is -0.0275. The van der Waals surface area contributed by atoms with E-state index in [0.29, 0.717) is 0 Å². The monoisotopic (exact) mass is 183 g/mol. The van der Waals surface area contributed by atoms with E-state index in [2.05, 4.69) is 24.5 Å². The Morgan fingerprint density at radius 1 is 1.62 bits per heavy atom. The molecule has 3 unspecified atom stereocenters. The van der Waals surface area contributed by atoms with Gasteiger partial charge < -0.3 is 16.4 Å². The van der Waals surface area contributed by atoms with Crippen molar-refractivity contribution in [2.24, 2.45) is 11.1 Å². The highest BCUT2D eigenvalue weighted by Crippen LogP contribution is 2.29. The molecule has 13 heavy (non-hydrogen) atoms. The molecule has 0 radical (unpaired) electrons. The predicted octanol–water partition coefficient (Wildman–Crippen LogP) is -0.800. The number of hydrogen-bond acceptors (Lipinski definition) is 3. The molecule has 4 N–H and O–H groups in total. The Kier molecular flexibility index (Phi) is 1.85. The summed E-state index contributed by atoms with van der Waals surface area (Å²) in [6, 6.07) is 0.387. The first-order valence-electron chi connectivity index (χ1n) is 4.80. The molecule has 0 spiro atoms. The van der Waals surface area contributed by atoms with Crippen LogP contribution in [0.5, 0.6) is 0 Å². The average molecular weight is 183 g/mol. The smallest absolute Gasteiger partial charge is 0.238 e. The molecule has 1 saturated carbocycles. The largest absolute Gasteiger partial charge is 0.350 e. The molecule has 1 saturated heterocycles. The zero-order valence-corrected chi connectivity index (χ0v) is 8.13. The van der Waals surface area contributed by atoms with Crippen molar-refractivity contribution in [2.75, 3.05) is 6.54 Å². The van der Waals surface area contributed by atoms with Crippen LogP contribution in [0.4, 0.5) is 0 Å². The first-order chi connectivity index (χ1) is 6.00. The summed E-state index contributed by atoms with van der Waals surface area (Å²) in [6.45, 7) is 5.11. The molecular weight excluding hydrogens is 166 g/mol. The van der Waals surface area contributed by atoms with Crippen molar-refractivity contribution in [3.05, 3.63) is 0 Å². The van der Waals surface area contributed by atoms with Gasteiger partial charge in [-0.25, -0.2) is 0 Å². The Labute approximate surface area is 78.2 Å². The van der Waals surface area contributed by atoms with Crippen LogP contribution in [0.25, 0.3) is 0 Å². The molecule has 1 heterocycles. The number of hydrogen-bond donors (Lipinski definition) is 3. The van der Waals surface area contributed by atoms with Gasteiger partial charge in [0.25, 0.3) is 0 Å². The summed E-state index contributed by atoms with van der Waals surface area (Å²) < 4.78 is 0. The van der Waals surface area contributed by atoms with E-state index >= 15 is 0 Å². The standard InChI is InChI=1S/C9H17N3O/c1-9(2)4-11-7(9)8(13)12-6-3-5(6)10/h5-7,11H,3-4,10H2,1-2H3,(H,12,13). The highest BCUT2D eigenvalue weighted by molar-refractivity contribution is 5.84. The normalized spacial score (nSPS) is 40.7. The fourth-order valence-electron chi connectivity index (χ4n) is 1.71. The predicted molar refractivity (Wildman–Crippen MR) is 50.1 cm³/mol. The highest BCUT2D eigenvalue weighted by atomic mass is 16.2. The fourth-order valence-corrected chi connectivity index (χ4v) is 1.71. The van der Waals surface area contributed by atoms with Crippen molar-refractivity contribution in [1.29, 1.82) is 0 Å². The Hall–Kier alpha value is -0.610. The molecule has 74 valence electrons. The summed E-state index contributed by atoms with van der Waals surface area (Å²) in [6.07, 6.45) is 0.929. The van der Waals surface area contributed by atoms with Gasteiger partial charge in [0.05, 0.1) is 6.04 Å². The van der Waals surface area contributed by atoms with Crippen molar-refractivity contribution >= 4 is 5.91 Å². The zero-order chi connectivity index (χ0) is 9.64. The third-order valence-electron chi connectivity index (χ3n) is 2.97. The molecule has 1 aliphatic carbocycles. The van der Waals surface area contributed by atoms with Gasteiger partial charge in [-0.05, 0) is 6.42 Å². The van der Waals surface area contributed by atoms with E-state index in [-0.39, 0.29) is 29.4 Å². The molecule has 4 nitrogen and oxygen atoms in total. The molecule has 0 aromatic carbocycles. The lowest BCUT2D eigenvalue weighted by molar-refractivity contribution is -0.129. The second-order valence-corrected chi connectivity index (χ2v) is 4.82. The zero-order valence-electron chi connectivity index (χ0n) is 8.13. The van der Waals surface area contributed by atoms with Crippen LogP contribution in [0, 0.1) is 5.41 Å². The molecule has 0 aromatic rings. The average Bonchev–Trinajstić information content (AvgIpc) is 2.64. The minimum absolute atomic E-state index is 0.0275. The van der Waals surface area contributed by atoms with Gasteiger partial charge in [-0.2, -0.15) is 0 Å². The van der Waals surface area contributed by atoms with Gasteiger partial charge in [0.15, 0.2) is 0 Å². The maximum atomic E-state index is 11.6. The Bertz CT molecular complexity index is 239. The van der Waals surface area contributed by atoms with Crippen molar-refractivity contribution in [2.45, 2.75) is 38.4 Å². The van der Waals surface area contributed by atoms with Crippen LogP contribution in [0.15, 0.2) is 0 Å². The maximum absolute atomic E-state index is 11.6. The maximum Gasteiger partial charge on any atom is 0.238 e. The lowest BCUT2D eigenvalue weighted by atomic mass is 9.77. The summed E-state index contributed by atoms with van der Waals surface area (Å²) >= 11 is 0. The van der Waals surface area contributed by atoms with Crippen LogP contribution in [0.3, 0.4) is 0 Å². The molecule has 2 fully saturated rings. The lowest BCUT2D eigenvalue weighted by Crippen LogP contribution is -2.66. The van der Waals surface area contributed by atoms with Crippen molar-refractivity contribution in [3.8, 4) is 0 Å². The van der Waals surface area contributed by atoms with Gasteiger partial charge in [0.2, 0.25) is 5.91 Å². The van der Waals surface area contributed by atoms with E-state index in [4.69, 9.17) is 5.73 Å². The summed E-state index contributed by atoms with van der Waals surface area (Å²) in [5.41, 5.74) is 5.71. The van der Waals surface area contributed by atoms with Crippen LogP contribution in [-0.2, 0) is 4.79 Å². The van der Waals surface area contributed by atoms with Crippen molar-refractivity contribution in [1.82, 2.24) is 10.6 Å². The van der Waals surface area contributed by atoms with Gasteiger partial charge in [-0.3, -0.25) is 4.79 Å². The van der Waals surface area contributed by atoms with Crippen LogP contribution >= 0.6 is 0 Å². The van der Waals surface area contributed by atoms with E-state index in [1.807, 2.05) is 0 Å². The van der Waals surface area contributed by atoms with Crippen molar-refractivity contribution < 1.29 is 4.79 Å². The van der Waals surface area contributed by atoms with Gasteiger partial charge >= 0.3 is 0 Å². The second-order valence-electron chi connectivity index (χ2n) is 4.82. The summed E-state index contributed by atoms with van der Waals surface area (Å²) in [7, 11) is 0. The fraction of sp³-hybridized carbons (Fsp3) is 0.889. The number of carbonyl (C=O) groups is 1. The quantitative estimate of drug-likeness (QED) is 0.525. The lowest BCUT2D eigenvalue weighted by Gasteiger charge is -2.44. The van der Waals surface area contributed by atoms with Gasteiger partial charge in [-0.15, -0.1) is 0 Å². The van der Waals surface area contributed by atoms with Crippen LogP contribution in [0.1, 0.15) is 20.3 Å². The molecule has 4 heteroatoms. The first kappa shape index (κ1) is 8.97. The molecule has 1 aliphatic heterocycles. The van der Waals surface area contributed by atoms with Crippen molar-refractivity contribution in [3.63, 3.8) is 0 Å². The van der Waals surface area contributed by atoms with E-state index in [1.165, 1.54) is 0 Å². The number of carbonyl (C=O) groups excluding carboxylic acids is 1. The molecule has 3 atom stereocenters. The number of nitrogens with two attached hydrogens (primary N) is 1. The molecule has 0 aromatic heterocycles. The van der Waals surface area contributed by atoms with E-state index < -0.39 is 0 Å². The molecule has 2 aliphatic rings. The third-order valence-corrected chi connectivity index (χ3v) is 2.97. The molecule has 0 bridgehead atoms. The van der Waals surface area contributed by atoms with Crippen LogP contribution in [-0.4, -0.2) is 30.6 Å². The number of amides is 1. The summed E-state index contributed by atoms with van der Waals surface area (Å²) in [4.78, 5) is 11.6. The van der Waals surface area contributed by atoms with E-state index in [9.17, 15) is 4.79 Å². The molecule has 2 rings (SSSR count). The number of rotatable bonds is 2. The van der Waals surface area contributed by atoms with E-state index in [0.717, 1.165) is 13.0 Å². The number of nitrogens with one attached hydrogen (secondary N) is 2. The van der Waals surface area contributed by atoms with Crippen LogP contribution < -0.4 is 16.4 Å². The summed E-state index contributed by atoms with van der Waals surface area (Å²) in [5, 5.41) is 6.07. The van der Waals surface area contributed by atoms with E-state index in [1.54, 1.807) is 0 Å². The van der Waals surface area contributed by atoms with Gasteiger partial charge in [0.1, 0.15) is 0 Å². The Morgan fingerprint density at radius 2 is 2.23 bits per heavy atom. The highest BCUT2D eigenvalue weighted by Gasteiger charge is 2.45. The second kappa shape index (κ2) is 2.69. The topological polar surface area (TPSA) is 67.2 Å². The van der Waals surface area contributed by atoms with Crippen LogP contribution in [0.2, 0.25) is 0 Å². The SMILES string of the molecule is CC1(C)CNC1C(=O)NC1CC1N.